The Labute approximate surface area is 113 Å². The maximum absolute atomic E-state index is 11.1. The van der Waals surface area contributed by atoms with Gasteiger partial charge in [0.1, 0.15) is 0 Å². The fourth-order valence-corrected chi connectivity index (χ4v) is 1.73. The summed E-state index contributed by atoms with van der Waals surface area (Å²) in [5, 5.41) is 8.61. The molecule has 0 aliphatic carbocycles. The number of hydrogen-bond donors (Lipinski definition) is 3. The van der Waals surface area contributed by atoms with E-state index in [-0.39, 0.29) is 17.9 Å². The number of hydrogen-bond acceptors (Lipinski definition) is 3. The quantitative estimate of drug-likeness (QED) is 0.727. The number of anilines is 1. The van der Waals surface area contributed by atoms with E-state index in [4.69, 9.17) is 0 Å². The van der Waals surface area contributed by atoms with Gasteiger partial charge in [-0.2, -0.15) is 0 Å². The highest BCUT2D eigenvalue weighted by atomic mass is 16.2. The monoisotopic (exact) mass is 263 g/mol. The van der Waals surface area contributed by atoms with Crippen molar-refractivity contribution in [1.82, 2.24) is 10.6 Å². The van der Waals surface area contributed by atoms with Gasteiger partial charge >= 0.3 is 0 Å². The number of benzene rings is 1. The molecular formula is C14H21N3O2. The largest absolute Gasteiger partial charge is 0.359 e. The van der Waals surface area contributed by atoms with Gasteiger partial charge in [-0.25, -0.2) is 0 Å². The first kappa shape index (κ1) is 15.2. The van der Waals surface area contributed by atoms with Gasteiger partial charge in [0, 0.05) is 38.7 Å². The van der Waals surface area contributed by atoms with Crippen LogP contribution in [0.25, 0.3) is 0 Å². The van der Waals surface area contributed by atoms with E-state index >= 15 is 0 Å². The van der Waals surface area contributed by atoms with Crippen LogP contribution in [0.5, 0.6) is 0 Å². The minimum atomic E-state index is -0.0858. The van der Waals surface area contributed by atoms with Crippen LogP contribution in [0.3, 0.4) is 0 Å². The van der Waals surface area contributed by atoms with Crippen LogP contribution in [0.15, 0.2) is 24.3 Å². The average Bonchev–Trinajstić information content (AvgIpc) is 2.37. The Hall–Kier alpha value is -1.88. The Kier molecular flexibility index (Phi) is 6.02. The highest BCUT2D eigenvalue weighted by Gasteiger charge is 2.06. The number of carbonyl (C=O) groups is 2. The third-order valence-corrected chi connectivity index (χ3v) is 2.79. The van der Waals surface area contributed by atoms with Crippen molar-refractivity contribution in [2.24, 2.45) is 0 Å². The Bertz CT molecular complexity index is 446. The summed E-state index contributed by atoms with van der Waals surface area (Å²) in [7, 11) is 1.63. The van der Waals surface area contributed by atoms with Crippen LogP contribution in [0.1, 0.15) is 31.9 Å². The van der Waals surface area contributed by atoms with Crippen LogP contribution in [-0.4, -0.2) is 25.4 Å². The second-order valence-electron chi connectivity index (χ2n) is 4.41. The zero-order chi connectivity index (χ0) is 14.3. The van der Waals surface area contributed by atoms with Gasteiger partial charge in [-0.3, -0.25) is 9.59 Å². The first-order chi connectivity index (χ1) is 9.02. The summed E-state index contributed by atoms with van der Waals surface area (Å²) in [6.45, 7) is 4.12. The summed E-state index contributed by atoms with van der Waals surface area (Å²) >= 11 is 0. The van der Waals surface area contributed by atoms with Crippen LogP contribution in [0, 0.1) is 0 Å². The number of amides is 2. The molecule has 0 aliphatic rings. The minimum Gasteiger partial charge on any atom is -0.359 e. The molecule has 1 unspecified atom stereocenters. The number of nitrogens with one attached hydrogen (secondary N) is 3. The molecule has 1 aromatic rings. The van der Waals surface area contributed by atoms with Crippen molar-refractivity contribution in [2.75, 3.05) is 18.9 Å². The Morgan fingerprint density at radius 1 is 1.32 bits per heavy atom. The lowest BCUT2D eigenvalue weighted by atomic mass is 10.1. The van der Waals surface area contributed by atoms with Crippen LogP contribution in [-0.2, 0) is 9.59 Å². The Morgan fingerprint density at radius 3 is 2.68 bits per heavy atom. The SMILES string of the molecule is CNC(=O)CCNC(C)c1cccc(NC(C)=O)c1. The van der Waals surface area contributed by atoms with E-state index in [1.807, 2.05) is 31.2 Å². The Morgan fingerprint density at radius 2 is 2.05 bits per heavy atom. The molecule has 104 valence electrons. The van der Waals surface area contributed by atoms with Crippen molar-refractivity contribution >= 4 is 17.5 Å². The second-order valence-corrected chi connectivity index (χ2v) is 4.41. The molecule has 5 heteroatoms. The van der Waals surface area contributed by atoms with E-state index in [1.54, 1.807) is 7.05 Å². The minimum absolute atomic E-state index is 0.0201. The molecule has 0 spiro atoms. The molecule has 0 radical (unpaired) electrons. The van der Waals surface area contributed by atoms with Gasteiger partial charge in [-0.05, 0) is 24.6 Å². The lowest BCUT2D eigenvalue weighted by Gasteiger charge is -2.15. The molecule has 5 nitrogen and oxygen atoms in total. The van der Waals surface area contributed by atoms with Gasteiger partial charge in [-0.1, -0.05) is 12.1 Å². The van der Waals surface area contributed by atoms with E-state index in [0.717, 1.165) is 11.3 Å². The van der Waals surface area contributed by atoms with Crippen LogP contribution >= 0.6 is 0 Å². The lowest BCUT2D eigenvalue weighted by molar-refractivity contribution is -0.120. The van der Waals surface area contributed by atoms with Gasteiger partial charge in [0.15, 0.2) is 0 Å². The first-order valence-corrected chi connectivity index (χ1v) is 6.34. The zero-order valence-corrected chi connectivity index (χ0v) is 11.6. The van der Waals surface area contributed by atoms with Gasteiger partial charge in [-0.15, -0.1) is 0 Å². The van der Waals surface area contributed by atoms with Crippen molar-refractivity contribution in [3.63, 3.8) is 0 Å². The fourth-order valence-electron chi connectivity index (χ4n) is 1.73. The molecule has 2 amide bonds. The fraction of sp³-hybridized carbons (Fsp3) is 0.429. The van der Waals surface area contributed by atoms with Crippen molar-refractivity contribution < 1.29 is 9.59 Å². The summed E-state index contributed by atoms with van der Waals surface area (Å²) in [6.07, 6.45) is 0.451. The summed E-state index contributed by atoms with van der Waals surface area (Å²) < 4.78 is 0. The standard InChI is InChI=1S/C14H21N3O2/c1-10(16-8-7-14(19)15-3)12-5-4-6-13(9-12)17-11(2)18/h4-6,9-10,16H,7-8H2,1-3H3,(H,15,19)(H,17,18). The van der Waals surface area contributed by atoms with E-state index in [2.05, 4.69) is 16.0 Å². The third kappa shape index (κ3) is 5.52. The van der Waals surface area contributed by atoms with E-state index < -0.39 is 0 Å². The van der Waals surface area contributed by atoms with Crippen LogP contribution in [0.2, 0.25) is 0 Å². The normalized spacial score (nSPS) is 11.7. The smallest absolute Gasteiger partial charge is 0.221 e. The highest BCUT2D eigenvalue weighted by molar-refractivity contribution is 5.88. The molecule has 0 aliphatic heterocycles. The summed E-state index contributed by atoms with van der Waals surface area (Å²) in [4.78, 5) is 22.1. The first-order valence-electron chi connectivity index (χ1n) is 6.34. The topological polar surface area (TPSA) is 70.2 Å². The maximum Gasteiger partial charge on any atom is 0.221 e. The summed E-state index contributed by atoms with van der Waals surface area (Å²) in [5.41, 5.74) is 1.85. The highest BCUT2D eigenvalue weighted by Crippen LogP contribution is 2.17. The zero-order valence-electron chi connectivity index (χ0n) is 11.6. The molecule has 3 N–H and O–H groups in total. The van der Waals surface area contributed by atoms with E-state index in [1.165, 1.54) is 6.92 Å². The third-order valence-electron chi connectivity index (χ3n) is 2.79. The molecule has 0 saturated heterocycles. The molecule has 0 aromatic heterocycles. The van der Waals surface area contributed by atoms with Crippen LogP contribution < -0.4 is 16.0 Å². The molecular weight excluding hydrogens is 242 g/mol. The van der Waals surface area contributed by atoms with Gasteiger partial charge in [0.2, 0.25) is 11.8 Å². The van der Waals surface area contributed by atoms with Gasteiger partial charge in [0.25, 0.3) is 0 Å². The molecule has 1 atom stereocenters. The van der Waals surface area contributed by atoms with Crippen molar-refractivity contribution in [2.45, 2.75) is 26.3 Å². The average molecular weight is 263 g/mol. The number of carbonyl (C=O) groups excluding carboxylic acids is 2. The molecule has 1 rings (SSSR count). The summed E-state index contributed by atoms with van der Waals surface area (Å²) in [6, 6.07) is 7.79. The molecule has 19 heavy (non-hydrogen) atoms. The Balaban J connectivity index is 2.54. The second kappa shape index (κ2) is 7.53. The van der Waals surface area contributed by atoms with E-state index in [0.29, 0.717) is 13.0 Å². The molecule has 0 heterocycles. The predicted molar refractivity (Wildman–Crippen MR) is 75.8 cm³/mol. The molecule has 1 aromatic carbocycles. The van der Waals surface area contributed by atoms with E-state index in [9.17, 15) is 9.59 Å². The van der Waals surface area contributed by atoms with Crippen molar-refractivity contribution in [3.05, 3.63) is 29.8 Å². The lowest BCUT2D eigenvalue weighted by Crippen LogP contribution is -2.26. The van der Waals surface area contributed by atoms with Crippen LogP contribution in [0.4, 0.5) is 5.69 Å². The van der Waals surface area contributed by atoms with Gasteiger partial charge in [0.05, 0.1) is 0 Å². The maximum atomic E-state index is 11.1. The van der Waals surface area contributed by atoms with Gasteiger partial charge < -0.3 is 16.0 Å². The molecule has 0 fully saturated rings. The van der Waals surface area contributed by atoms with Crippen molar-refractivity contribution in [1.29, 1.82) is 0 Å². The molecule has 0 saturated carbocycles. The molecule has 0 bridgehead atoms. The predicted octanol–water partition coefficient (Wildman–Crippen LogP) is 1.43. The number of rotatable bonds is 6. The summed E-state index contributed by atoms with van der Waals surface area (Å²) in [5.74, 6) is -0.0657. The van der Waals surface area contributed by atoms with Crippen molar-refractivity contribution in [3.8, 4) is 0 Å².